The van der Waals surface area contributed by atoms with Crippen LogP contribution in [-0.2, 0) is 5.16 Å². The van der Waals surface area contributed by atoms with Crippen LogP contribution in [0.25, 0.3) is 5.57 Å². The monoisotopic (exact) mass is 542 g/mol. The summed E-state index contributed by atoms with van der Waals surface area (Å²) in [5.74, 6) is 1.66. The van der Waals surface area contributed by atoms with Gasteiger partial charge in [0, 0.05) is 12.4 Å². The smallest absolute Gasteiger partial charge is 0.127 e. The van der Waals surface area contributed by atoms with Gasteiger partial charge >= 0.3 is 0 Å². The van der Waals surface area contributed by atoms with Crippen LogP contribution in [0.15, 0.2) is 170 Å². The summed E-state index contributed by atoms with van der Waals surface area (Å²) in [6.45, 7) is 2.15. The minimum atomic E-state index is -0.313. The quantitative estimate of drug-likeness (QED) is 0.195. The number of hydrogen-bond donors (Lipinski definition) is 0. The van der Waals surface area contributed by atoms with E-state index in [4.69, 9.17) is 7.85 Å². The van der Waals surface area contributed by atoms with Crippen molar-refractivity contribution >= 4 is 28.1 Å². The first-order chi connectivity index (χ1) is 20.2. The number of aryl methyl sites for hydroxylation is 1. The van der Waals surface area contributed by atoms with Crippen LogP contribution in [0.5, 0.6) is 0 Å². The fourth-order valence-corrected chi connectivity index (χ4v) is 6.80. The Morgan fingerprint density at radius 1 is 0.683 bits per heavy atom. The molecule has 0 unspecified atom stereocenters. The summed E-state index contributed by atoms with van der Waals surface area (Å²) in [6.07, 6.45) is 5.87. The van der Waals surface area contributed by atoms with Gasteiger partial charge in [-0.1, -0.05) is 156 Å². The predicted molar refractivity (Wildman–Crippen MR) is 174 cm³/mol. The Morgan fingerprint density at radius 2 is 1.20 bits per heavy atom. The Kier molecular flexibility index (Phi) is 9.25. The molecule has 0 aliphatic rings. The molecule has 5 aromatic carbocycles. The molecule has 1 aromatic heterocycles. The molecule has 0 aliphatic carbocycles. The molecule has 4 heteroatoms. The highest BCUT2D eigenvalue weighted by Crippen LogP contribution is 2.33. The van der Waals surface area contributed by atoms with E-state index in [0.29, 0.717) is 9.52 Å². The molecule has 0 amide bonds. The highest BCUT2D eigenvalue weighted by molar-refractivity contribution is 6.57. The topological polar surface area (TPSA) is 17.8 Å². The third-order valence-corrected chi connectivity index (χ3v) is 8.75. The van der Waals surface area contributed by atoms with Gasteiger partial charge in [-0.25, -0.2) is 4.98 Å². The van der Waals surface area contributed by atoms with Gasteiger partial charge in [0.2, 0.25) is 0 Å². The maximum Gasteiger partial charge on any atom is 0.127 e. The largest absolute Gasteiger partial charge is 0.326 e. The van der Waals surface area contributed by atoms with Crippen molar-refractivity contribution in [1.82, 2.24) is 9.55 Å². The number of hydrogen-bond acceptors (Lipinski definition) is 1. The average molecular weight is 543 g/mol. The number of imidazole rings is 1. The Labute approximate surface area is 247 Å². The van der Waals surface area contributed by atoms with Crippen LogP contribution in [0.2, 0.25) is 0 Å². The van der Waals surface area contributed by atoms with Crippen LogP contribution >= 0.6 is 0 Å². The first kappa shape index (κ1) is 27.9. The summed E-state index contributed by atoms with van der Waals surface area (Å²) < 4.78 is 2.25. The maximum absolute atomic E-state index is 5.67. The Morgan fingerprint density at radius 3 is 1.63 bits per heavy atom. The van der Waals surface area contributed by atoms with Crippen LogP contribution in [0.1, 0.15) is 27.8 Å². The van der Waals surface area contributed by atoms with Crippen molar-refractivity contribution in [3.8, 4) is 0 Å². The number of aromatic nitrogens is 2. The fourth-order valence-electron chi connectivity index (χ4n) is 5.02. The summed E-state index contributed by atoms with van der Waals surface area (Å²) in [5.41, 5.74) is 7.18. The number of rotatable bonds is 7. The summed E-state index contributed by atoms with van der Waals surface area (Å²) in [4.78, 5) is 4.37. The van der Waals surface area contributed by atoms with E-state index in [1.54, 1.807) is 5.98 Å². The summed E-state index contributed by atoms with van der Waals surface area (Å²) in [7, 11) is 6.21. The van der Waals surface area contributed by atoms with Gasteiger partial charge in [0.1, 0.15) is 17.4 Å². The minimum Gasteiger partial charge on any atom is -0.326 e. The van der Waals surface area contributed by atoms with Crippen molar-refractivity contribution in [1.29, 1.82) is 0 Å². The van der Waals surface area contributed by atoms with E-state index in [9.17, 15) is 0 Å². The molecule has 0 spiro atoms. The second-order valence-electron chi connectivity index (χ2n) is 9.72. The zero-order valence-electron chi connectivity index (χ0n) is 23.1. The van der Waals surface area contributed by atoms with Crippen molar-refractivity contribution in [2.75, 3.05) is 0 Å². The van der Waals surface area contributed by atoms with Gasteiger partial charge in [0.15, 0.2) is 0 Å². The van der Waals surface area contributed by atoms with E-state index in [-0.39, 0.29) is 5.16 Å². The number of benzene rings is 5. The summed E-state index contributed by atoms with van der Waals surface area (Å²) in [6, 6.07) is 50.6. The molecule has 0 saturated carbocycles. The Bertz CT molecular complexity index is 1570. The summed E-state index contributed by atoms with van der Waals surface area (Å²) >= 11 is 0. The molecule has 196 valence electrons. The standard InChI is InChI=1S/C23H20N2Si.C14H11B/c1-19-9-8-14-22(17-19)26-23(25-16-15-24-18-25,20-10-4-2-5-11-20)21-12-6-3-7-13-21;15-11-14(12-7-3-1-4-8-12)13-9-5-2-6-10-13/h2-18H,1H3;1-11H. The molecule has 0 saturated heterocycles. The van der Waals surface area contributed by atoms with Crippen molar-refractivity contribution in [2.24, 2.45) is 0 Å². The van der Waals surface area contributed by atoms with Gasteiger partial charge < -0.3 is 4.57 Å². The molecule has 6 aromatic rings. The third-order valence-electron chi connectivity index (χ3n) is 6.95. The number of nitrogens with zero attached hydrogens (tertiary/aromatic N) is 2. The van der Waals surface area contributed by atoms with Gasteiger partial charge in [-0.3, -0.25) is 0 Å². The second kappa shape index (κ2) is 13.6. The maximum atomic E-state index is 5.67. The highest BCUT2D eigenvalue weighted by atomic mass is 28.2. The molecule has 0 atom stereocenters. The zero-order valence-corrected chi connectivity index (χ0v) is 24.1. The second-order valence-corrected chi connectivity index (χ2v) is 11.3. The van der Waals surface area contributed by atoms with E-state index in [1.807, 2.05) is 48.9 Å². The molecule has 6 rings (SSSR count). The van der Waals surface area contributed by atoms with Gasteiger partial charge in [-0.2, -0.15) is 0 Å². The molecule has 2 nitrogen and oxygen atoms in total. The molecule has 0 aliphatic heterocycles. The van der Waals surface area contributed by atoms with Crippen LogP contribution in [0.4, 0.5) is 0 Å². The van der Waals surface area contributed by atoms with Gasteiger partial charge in [-0.05, 0) is 34.8 Å². The average Bonchev–Trinajstić information content (AvgIpc) is 3.58. The molecule has 0 fully saturated rings. The fraction of sp³-hybridized carbons (Fsp3) is 0.0541. The van der Waals surface area contributed by atoms with Crippen molar-refractivity contribution in [2.45, 2.75) is 12.1 Å². The van der Waals surface area contributed by atoms with E-state index < -0.39 is 0 Å². The predicted octanol–water partition coefficient (Wildman–Crippen LogP) is 7.21. The van der Waals surface area contributed by atoms with E-state index in [2.05, 4.69) is 132 Å². The van der Waals surface area contributed by atoms with Gasteiger partial charge in [0.25, 0.3) is 0 Å². The molecule has 0 bridgehead atoms. The molecule has 1 heterocycles. The first-order valence-corrected chi connectivity index (χ1v) is 14.7. The van der Waals surface area contributed by atoms with Crippen molar-refractivity contribution < 1.29 is 0 Å². The molecule has 41 heavy (non-hydrogen) atoms. The van der Waals surface area contributed by atoms with E-state index in [0.717, 1.165) is 16.7 Å². The lowest BCUT2D eigenvalue weighted by Crippen LogP contribution is -2.46. The van der Waals surface area contributed by atoms with Crippen LogP contribution in [0.3, 0.4) is 0 Å². The lowest BCUT2D eigenvalue weighted by atomic mass is 9.92. The van der Waals surface area contributed by atoms with E-state index >= 15 is 0 Å². The molecule has 4 radical (unpaired) electrons. The van der Waals surface area contributed by atoms with Gasteiger partial charge in [0.05, 0.1) is 11.5 Å². The van der Waals surface area contributed by atoms with Crippen molar-refractivity contribution in [3.05, 3.63) is 198 Å². The third kappa shape index (κ3) is 6.56. The minimum absolute atomic E-state index is 0.313. The normalized spacial score (nSPS) is 10.8. The van der Waals surface area contributed by atoms with Crippen LogP contribution < -0.4 is 5.19 Å². The molecular formula is C37H31BN2Si. The lowest BCUT2D eigenvalue weighted by molar-refractivity contribution is 0.596. The zero-order chi connectivity index (χ0) is 28.3. The van der Waals surface area contributed by atoms with Crippen LogP contribution in [0, 0.1) is 6.92 Å². The van der Waals surface area contributed by atoms with E-state index in [1.165, 1.54) is 21.9 Å². The summed E-state index contributed by atoms with van der Waals surface area (Å²) in [5, 5.41) is 1.03. The Hall–Kier alpha value is -4.67. The van der Waals surface area contributed by atoms with Crippen LogP contribution in [-0.4, -0.2) is 26.9 Å². The lowest BCUT2D eigenvalue weighted by Gasteiger charge is -2.36. The SMILES string of the molecule is Cc1cccc([Si]C(c2ccccc2)(c2ccccc2)n2ccnc2)c1.[B]C=C(c1ccccc1)c1ccccc1. The highest BCUT2D eigenvalue weighted by Gasteiger charge is 2.37. The van der Waals surface area contributed by atoms with Gasteiger partial charge in [-0.15, -0.1) is 5.98 Å². The molecule has 0 N–H and O–H groups in total. The Balaban J connectivity index is 0.000000191. The van der Waals surface area contributed by atoms with Crippen molar-refractivity contribution in [3.63, 3.8) is 0 Å². The molecular weight excluding hydrogens is 511 g/mol. The first-order valence-electron chi connectivity index (χ1n) is 13.7.